The van der Waals surface area contributed by atoms with Crippen molar-refractivity contribution in [1.82, 2.24) is 9.80 Å². The quantitative estimate of drug-likeness (QED) is 0.544. The first-order valence-corrected chi connectivity index (χ1v) is 11.7. The van der Waals surface area contributed by atoms with Crippen molar-refractivity contribution in [1.29, 1.82) is 0 Å². The summed E-state index contributed by atoms with van der Waals surface area (Å²) in [6, 6.07) is 22.2. The molecule has 2 aliphatic rings. The Hall–Kier alpha value is -2.16. The van der Waals surface area contributed by atoms with Crippen LogP contribution in [0, 0.1) is 10.8 Å². The van der Waals surface area contributed by atoms with E-state index in [2.05, 4.69) is 117 Å². The Kier molecular flexibility index (Phi) is 6.23. The van der Waals surface area contributed by atoms with Crippen LogP contribution in [-0.2, 0) is 0 Å². The predicted octanol–water partition coefficient (Wildman–Crippen LogP) is 6.12. The number of hydrogen-bond donors (Lipinski definition) is 0. The van der Waals surface area contributed by atoms with Gasteiger partial charge < -0.3 is 4.90 Å². The molecular formula is C29H38N2. The molecule has 2 aromatic rings. The van der Waals surface area contributed by atoms with Crippen LogP contribution in [-0.4, -0.2) is 49.6 Å². The fourth-order valence-corrected chi connectivity index (χ4v) is 6.26. The van der Waals surface area contributed by atoms with E-state index in [-0.39, 0.29) is 10.8 Å². The third-order valence-corrected chi connectivity index (χ3v) is 7.62. The second-order valence-corrected chi connectivity index (χ2v) is 10.5. The second kappa shape index (κ2) is 8.76. The van der Waals surface area contributed by atoms with Crippen molar-refractivity contribution in [3.63, 3.8) is 0 Å². The lowest BCUT2D eigenvalue weighted by Crippen LogP contribution is -2.54. The van der Waals surface area contributed by atoms with Gasteiger partial charge in [0.05, 0.1) is 0 Å². The third kappa shape index (κ3) is 4.42. The minimum absolute atomic E-state index is 0.234. The average molecular weight is 415 g/mol. The van der Waals surface area contributed by atoms with Gasteiger partial charge in [-0.1, -0.05) is 99.2 Å². The number of hydrogen-bond acceptors (Lipinski definition) is 2. The second-order valence-electron chi connectivity index (χ2n) is 10.5. The van der Waals surface area contributed by atoms with Crippen molar-refractivity contribution in [3.8, 4) is 0 Å². The fourth-order valence-electron chi connectivity index (χ4n) is 6.26. The predicted molar refractivity (Wildman–Crippen MR) is 133 cm³/mol. The van der Waals surface area contributed by atoms with E-state index >= 15 is 0 Å². The monoisotopic (exact) mass is 414 g/mol. The molecule has 0 spiro atoms. The maximum atomic E-state index is 2.63. The first-order valence-electron chi connectivity index (χ1n) is 11.7. The molecule has 0 bridgehead atoms. The van der Waals surface area contributed by atoms with Crippen molar-refractivity contribution < 1.29 is 0 Å². The first kappa shape index (κ1) is 22.0. The highest BCUT2D eigenvalue weighted by Gasteiger charge is 2.49. The van der Waals surface area contributed by atoms with Crippen LogP contribution in [0.2, 0.25) is 0 Å². The van der Waals surface area contributed by atoms with E-state index in [1.807, 2.05) is 0 Å². The third-order valence-electron chi connectivity index (χ3n) is 7.62. The van der Waals surface area contributed by atoms with E-state index in [0.29, 0.717) is 6.04 Å². The van der Waals surface area contributed by atoms with Crippen LogP contribution in [0.5, 0.6) is 0 Å². The van der Waals surface area contributed by atoms with Crippen molar-refractivity contribution in [2.75, 3.05) is 33.7 Å². The van der Waals surface area contributed by atoms with Gasteiger partial charge in [0.15, 0.2) is 0 Å². The van der Waals surface area contributed by atoms with Gasteiger partial charge in [0.25, 0.3) is 0 Å². The lowest BCUT2D eigenvalue weighted by atomic mass is 9.57. The topological polar surface area (TPSA) is 6.48 Å². The van der Waals surface area contributed by atoms with Crippen molar-refractivity contribution in [2.24, 2.45) is 10.8 Å². The summed E-state index contributed by atoms with van der Waals surface area (Å²) in [6.45, 7) is 10.6. The molecule has 0 radical (unpaired) electrons. The standard InChI is InChI=1S/C29H38N2/c1-28(2)26-18-21-31(22-29(26,3)19-16-27(28)30(4)5)20-17-25(23-12-8-6-9-13-23)24-14-10-7-11-15-24/h6-15,17-18,27H,16,19-22H2,1-5H3/t27-,29+/m0/s1. The Morgan fingerprint density at radius 2 is 1.55 bits per heavy atom. The number of fused-ring (bicyclic) bond motifs is 1. The molecule has 0 unspecified atom stereocenters. The van der Waals surface area contributed by atoms with Crippen LogP contribution in [0.3, 0.4) is 0 Å². The normalized spacial score (nSPS) is 25.6. The molecule has 2 aromatic carbocycles. The van der Waals surface area contributed by atoms with Gasteiger partial charge in [0, 0.05) is 36.5 Å². The molecule has 0 saturated heterocycles. The van der Waals surface area contributed by atoms with Crippen LogP contribution < -0.4 is 0 Å². The van der Waals surface area contributed by atoms with Gasteiger partial charge in [-0.05, 0) is 43.6 Å². The van der Waals surface area contributed by atoms with E-state index in [1.165, 1.54) is 29.5 Å². The van der Waals surface area contributed by atoms with E-state index in [0.717, 1.165) is 19.6 Å². The zero-order valence-corrected chi connectivity index (χ0v) is 19.9. The highest BCUT2D eigenvalue weighted by molar-refractivity contribution is 5.79. The van der Waals surface area contributed by atoms with Crippen molar-refractivity contribution in [3.05, 3.63) is 89.5 Å². The van der Waals surface area contributed by atoms with E-state index in [1.54, 1.807) is 5.57 Å². The molecule has 1 heterocycles. The number of rotatable bonds is 5. The molecule has 1 aliphatic heterocycles. The minimum Gasteiger partial charge on any atom is -0.306 e. The van der Waals surface area contributed by atoms with E-state index in [4.69, 9.17) is 0 Å². The maximum absolute atomic E-state index is 2.63. The summed E-state index contributed by atoms with van der Waals surface area (Å²) in [7, 11) is 4.48. The van der Waals surface area contributed by atoms with Gasteiger partial charge >= 0.3 is 0 Å². The van der Waals surface area contributed by atoms with Gasteiger partial charge in [-0.15, -0.1) is 0 Å². The maximum Gasteiger partial charge on any atom is 0.0178 e. The van der Waals surface area contributed by atoms with Gasteiger partial charge in [0.2, 0.25) is 0 Å². The summed E-state index contributed by atoms with van der Waals surface area (Å²) in [5.74, 6) is 0. The van der Waals surface area contributed by atoms with Crippen LogP contribution in [0.15, 0.2) is 78.4 Å². The van der Waals surface area contributed by atoms with Crippen molar-refractivity contribution >= 4 is 5.57 Å². The summed E-state index contributed by atoms with van der Waals surface area (Å²) in [6.07, 6.45) is 7.54. The molecule has 31 heavy (non-hydrogen) atoms. The fraction of sp³-hybridized carbons (Fsp3) is 0.448. The van der Waals surface area contributed by atoms with Crippen LogP contribution in [0.25, 0.3) is 5.57 Å². The van der Waals surface area contributed by atoms with E-state index in [9.17, 15) is 0 Å². The molecule has 164 valence electrons. The molecule has 4 rings (SSSR count). The molecule has 1 fully saturated rings. The lowest BCUT2D eigenvalue weighted by Gasteiger charge is -2.55. The Labute approximate surface area is 189 Å². The SMILES string of the molecule is CN(C)[C@H]1CC[C@]2(C)CN(CC=C(c3ccccc3)c3ccccc3)CC=C2C1(C)C. The zero-order valence-electron chi connectivity index (χ0n) is 19.9. The molecule has 0 N–H and O–H groups in total. The average Bonchev–Trinajstić information content (AvgIpc) is 2.74. The first-order chi connectivity index (χ1) is 14.8. The van der Waals surface area contributed by atoms with Crippen LogP contribution in [0.4, 0.5) is 0 Å². The zero-order chi connectivity index (χ0) is 22.1. The molecule has 2 nitrogen and oxygen atoms in total. The molecule has 1 aliphatic carbocycles. The van der Waals surface area contributed by atoms with Crippen LogP contribution in [0.1, 0.15) is 44.7 Å². The van der Waals surface area contributed by atoms with Crippen LogP contribution >= 0.6 is 0 Å². The van der Waals surface area contributed by atoms with Gasteiger partial charge in [-0.25, -0.2) is 0 Å². The summed E-state index contributed by atoms with van der Waals surface area (Å²) in [4.78, 5) is 5.06. The summed E-state index contributed by atoms with van der Waals surface area (Å²) < 4.78 is 0. The molecule has 0 amide bonds. The van der Waals surface area contributed by atoms with E-state index < -0.39 is 0 Å². The summed E-state index contributed by atoms with van der Waals surface area (Å²) in [5, 5.41) is 0. The van der Waals surface area contributed by atoms with Gasteiger partial charge in [-0.2, -0.15) is 0 Å². The number of nitrogens with zero attached hydrogens (tertiary/aromatic N) is 2. The Balaban J connectivity index is 1.58. The smallest absolute Gasteiger partial charge is 0.0178 e. The Morgan fingerprint density at radius 3 is 2.10 bits per heavy atom. The molecule has 2 atom stereocenters. The molecular weight excluding hydrogens is 376 g/mol. The summed E-state index contributed by atoms with van der Waals surface area (Å²) >= 11 is 0. The Bertz CT molecular complexity index is 898. The Morgan fingerprint density at radius 1 is 0.968 bits per heavy atom. The van der Waals surface area contributed by atoms with Gasteiger partial charge in [0.1, 0.15) is 0 Å². The highest BCUT2D eigenvalue weighted by atomic mass is 15.1. The molecule has 1 saturated carbocycles. The highest BCUT2D eigenvalue weighted by Crippen LogP contribution is 2.53. The largest absolute Gasteiger partial charge is 0.306 e. The number of benzene rings is 2. The minimum atomic E-state index is 0.234. The molecule has 2 heteroatoms. The van der Waals surface area contributed by atoms with Gasteiger partial charge in [-0.3, -0.25) is 4.90 Å². The lowest BCUT2D eigenvalue weighted by molar-refractivity contribution is 0.0526. The van der Waals surface area contributed by atoms with Crippen molar-refractivity contribution in [2.45, 2.75) is 39.7 Å². The molecule has 0 aromatic heterocycles. The summed E-state index contributed by atoms with van der Waals surface area (Å²) in [5.41, 5.74) is 6.11.